The molecule has 0 fully saturated rings. The molecule has 0 saturated carbocycles. The number of rotatable bonds is 3. The molecular weight excluding hydrogens is 279 g/mol. The van der Waals surface area contributed by atoms with E-state index in [-0.39, 0.29) is 23.7 Å². The van der Waals surface area contributed by atoms with Crippen LogP contribution in [0, 0.1) is 17.1 Å². The lowest BCUT2D eigenvalue weighted by molar-refractivity contribution is 0.0779. The summed E-state index contributed by atoms with van der Waals surface area (Å²) in [6.45, 7) is 0.0532. The number of halogens is 1. The Morgan fingerprint density at radius 3 is 2.95 bits per heavy atom. The third-order valence-corrected chi connectivity index (χ3v) is 3.34. The average molecular weight is 290 g/mol. The highest BCUT2D eigenvalue weighted by molar-refractivity contribution is 7.13. The molecule has 2 rings (SSSR count). The Morgan fingerprint density at radius 1 is 1.60 bits per heavy atom. The molecule has 0 saturated heterocycles. The van der Waals surface area contributed by atoms with Crippen LogP contribution in [-0.2, 0) is 6.54 Å². The van der Waals surface area contributed by atoms with Crippen molar-refractivity contribution in [3.05, 3.63) is 46.2 Å². The Balaban J connectivity index is 2.17. The van der Waals surface area contributed by atoms with Gasteiger partial charge < -0.3 is 10.6 Å². The van der Waals surface area contributed by atoms with Gasteiger partial charge in [-0.3, -0.25) is 4.79 Å². The van der Waals surface area contributed by atoms with E-state index < -0.39 is 5.82 Å². The summed E-state index contributed by atoms with van der Waals surface area (Å²) in [7, 11) is 1.54. The van der Waals surface area contributed by atoms with Gasteiger partial charge in [0.1, 0.15) is 11.5 Å². The zero-order valence-corrected chi connectivity index (χ0v) is 11.4. The van der Waals surface area contributed by atoms with Crippen molar-refractivity contribution in [2.45, 2.75) is 6.54 Å². The predicted octanol–water partition coefficient (Wildman–Crippen LogP) is 2.01. The van der Waals surface area contributed by atoms with E-state index in [1.807, 2.05) is 6.07 Å². The summed E-state index contributed by atoms with van der Waals surface area (Å²) in [5.41, 5.74) is 6.33. The molecule has 5 nitrogen and oxygen atoms in total. The van der Waals surface area contributed by atoms with Crippen LogP contribution in [0.1, 0.15) is 21.6 Å². The van der Waals surface area contributed by atoms with Crippen LogP contribution >= 0.6 is 11.3 Å². The highest BCUT2D eigenvalue weighted by Gasteiger charge is 2.16. The highest BCUT2D eigenvalue weighted by atomic mass is 32.1. The fourth-order valence-corrected chi connectivity index (χ4v) is 2.21. The van der Waals surface area contributed by atoms with E-state index in [9.17, 15) is 9.18 Å². The summed E-state index contributed by atoms with van der Waals surface area (Å²) in [5, 5.41) is 10.7. The zero-order chi connectivity index (χ0) is 14.7. The second-order valence-electron chi connectivity index (χ2n) is 4.15. The topological polar surface area (TPSA) is 83.0 Å². The zero-order valence-electron chi connectivity index (χ0n) is 10.6. The number of aromatic nitrogens is 1. The van der Waals surface area contributed by atoms with E-state index in [1.54, 1.807) is 5.38 Å². The van der Waals surface area contributed by atoms with Crippen molar-refractivity contribution in [3.63, 3.8) is 0 Å². The van der Waals surface area contributed by atoms with Gasteiger partial charge in [-0.05, 0) is 18.2 Å². The van der Waals surface area contributed by atoms with E-state index in [0.29, 0.717) is 10.7 Å². The maximum Gasteiger partial charge on any atom is 0.273 e. The molecule has 1 aromatic heterocycles. The van der Waals surface area contributed by atoms with Crippen LogP contribution in [0.2, 0.25) is 0 Å². The minimum Gasteiger partial charge on any atom is -0.375 e. The number of nitrogens with zero attached hydrogens (tertiary/aromatic N) is 3. The maximum absolute atomic E-state index is 13.7. The van der Waals surface area contributed by atoms with Crippen LogP contribution in [-0.4, -0.2) is 22.8 Å². The van der Waals surface area contributed by atoms with E-state index in [4.69, 9.17) is 11.0 Å². The number of thiazole rings is 1. The monoisotopic (exact) mass is 290 g/mol. The van der Waals surface area contributed by atoms with Gasteiger partial charge in [0.2, 0.25) is 0 Å². The molecule has 1 heterocycles. The first-order chi connectivity index (χ1) is 9.51. The number of nitrogen functional groups attached to an aromatic ring is 1. The number of carbonyl (C=O) groups excluding carboxylic acids is 1. The molecule has 0 spiro atoms. The van der Waals surface area contributed by atoms with E-state index in [0.717, 1.165) is 0 Å². The van der Waals surface area contributed by atoms with Crippen LogP contribution in [0.3, 0.4) is 0 Å². The Labute approximate surface area is 119 Å². The van der Waals surface area contributed by atoms with Crippen molar-refractivity contribution in [3.8, 4) is 6.07 Å². The lowest BCUT2D eigenvalue weighted by Gasteiger charge is -2.16. The maximum atomic E-state index is 13.7. The van der Waals surface area contributed by atoms with Crippen molar-refractivity contribution < 1.29 is 9.18 Å². The third-order valence-electron chi connectivity index (χ3n) is 2.67. The molecule has 20 heavy (non-hydrogen) atoms. The Hall–Kier alpha value is -2.46. The molecule has 102 valence electrons. The molecule has 1 amide bonds. The number of carbonyl (C=O) groups is 1. The second kappa shape index (κ2) is 5.67. The molecule has 7 heteroatoms. The fraction of sp³-hybridized carbons (Fsp3) is 0.154. The minimum absolute atomic E-state index is 0.0532. The van der Waals surface area contributed by atoms with Gasteiger partial charge in [-0.1, -0.05) is 0 Å². The molecule has 2 aromatic rings. The molecule has 0 unspecified atom stereocenters. The summed E-state index contributed by atoms with van der Waals surface area (Å²) in [4.78, 5) is 17.3. The Bertz CT molecular complexity index is 692. The number of hydrogen-bond donors (Lipinski definition) is 1. The van der Waals surface area contributed by atoms with Gasteiger partial charge in [-0.2, -0.15) is 5.26 Å². The summed E-state index contributed by atoms with van der Waals surface area (Å²) in [6.07, 6.45) is 0. The molecule has 0 bridgehead atoms. The lowest BCUT2D eigenvalue weighted by atomic mass is 10.1. The first-order valence-electron chi connectivity index (χ1n) is 5.66. The SMILES string of the molecule is CN(Cc1cc(C#N)ccc1F)C(=O)c1csc(N)n1. The van der Waals surface area contributed by atoms with E-state index in [1.165, 1.54) is 41.5 Å². The number of nitriles is 1. The van der Waals surface area contributed by atoms with Crippen LogP contribution in [0.4, 0.5) is 9.52 Å². The molecule has 2 N–H and O–H groups in total. The van der Waals surface area contributed by atoms with E-state index >= 15 is 0 Å². The number of amides is 1. The highest BCUT2D eigenvalue weighted by Crippen LogP contribution is 2.16. The normalized spacial score (nSPS) is 10.1. The van der Waals surface area contributed by atoms with Gasteiger partial charge in [-0.25, -0.2) is 9.37 Å². The average Bonchev–Trinajstić information content (AvgIpc) is 2.87. The predicted molar refractivity (Wildman–Crippen MR) is 73.4 cm³/mol. The van der Waals surface area contributed by atoms with Crippen molar-refractivity contribution in [2.75, 3.05) is 12.8 Å². The van der Waals surface area contributed by atoms with Gasteiger partial charge in [0.05, 0.1) is 11.6 Å². The number of benzene rings is 1. The van der Waals surface area contributed by atoms with Crippen LogP contribution in [0.25, 0.3) is 0 Å². The molecule has 0 radical (unpaired) electrons. The lowest BCUT2D eigenvalue weighted by Crippen LogP contribution is -2.27. The van der Waals surface area contributed by atoms with Crippen molar-refractivity contribution in [2.24, 2.45) is 0 Å². The molecule has 0 aliphatic carbocycles. The van der Waals surface area contributed by atoms with Crippen molar-refractivity contribution in [1.82, 2.24) is 9.88 Å². The van der Waals surface area contributed by atoms with Crippen LogP contribution in [0.5, 0.6) is 0 Å². The Kier molecular flexibility index (Phi) is 3.96. The van der Waals surface area contributed by atoms with Crippen LogP contribution in [0.15, 0.2) is 23.6 Å². The quantitative estimate of drug-likeness (QED) is 0.937. The number of anilines is 1. The van der Waals surface area contributed by atoms with Crippen LogP contribution < -0.4 is 5.73 Å². The third kappa shape index (κ3) is 2.92. The summed E-state index contributed by atoms with van der Waals surface area (Å²) >= 11 is 1.17. The first kappa shape index (κ1) is 14.0. The fourth-order valence-electron chi connectivity index (χ4n) is 1.67. The van der Waals surface area contributed by atoms with Crippen molar-refractivity contribution >= 4 is 22.4 Å². The first-order valence-corrected chi connectivity index (χ1v) is 6.54. The summed E-state index contributed by atoms with van der Waals surface area (Å²) < 4.78 is 13.7. The molecular formula is C13H11FN4OS. The van der Waals surface area contributed by atoms with Gasteiger partial charge in [0.25, 0.3) is 5.91 Å². The standard InChI is InChI=1S/C13H11FN4OS/c1-18(12(19)11-7-20-13(16)17-11)6-9-4-8(5-15)2-3-10(9)14/h2-4,7H,6H2,1H3,(H2,16,17). The minimum atomic E-state index is -0.457. The van der Waals surface area contributed by atoms with Gasteiger partial charge in [0.15, 0.2) is 5.13 Å². The van der Waals surface area contributed by atoms with Crippen molar-refractivity contribution in [1.29, 1.82) is 5.26 Å². The smallest absolute Gasteiger partial charge is 0.273 e. The summed E-state index contributed by atoms with van der Waals surface area (Å²) in [6, 6.07) is 5.97. The molecule has 1 aromatic carbocycles. The number of nitrogens with two attached hydrogens (primary N) is 1. The van der Waals surface area contributed by atoms with E-state index in [2.05, 4.69) is 4.98 Å². The summed E-state index contributed by atoms with van der Waals surface area (Å²) in [5.74, 6) is -0.804. The molecule has 0 aliphatic heterocycles. The van der Waals surface area contributed by atoms with Gasteiger partial charge in [-0.15, -0.1) is 11.3 Å². The second-order valence-corrected chi connectivity index (χ2v) is 5.04. The number of hydrogen-bond acceptors (Lipinski definition) is 5. The largest absolute Gasteiger partial charge is 0.375 e. The van der Waals surface area contributed by atoms with Gasteiger partial charge in [0, 0.05) is 24.5 Å². The van der Waals surface area contributed by atoms with Gasteiger partial charge >= 0.3 is 0 Å². The molecule has 0 atom stereocenters. The Morgan fingerprint density at radius 2 is 2.35 bits per heavy atom. The molecule has 0 aliphatic rings.